The van der Waals surface area contributed by atoms with Crippen molar-refractivity contribution >= 4 is 23.2 Å². The smallest absolute Gasteiger partial charge is 0.239 e. The first-order chi connectivity index (χ1) is 13.2. The van der Waals surface area contributed by atoms with E-state index >= 15 is 0 Å². The van der Waals surface area contributed by atoms with Gasteiger partial charge in [-0.25, -0.2) is 4.98 Å². The highest BCUT2D eigenvalue weighted by molar-refractivity contribution is 7.78. The minimum absolute atomic E-state index is 0.0334. The highest BCUT2D eigenvalue weighted by Crippen LogP contribution is 2.20. The monoisotopic (exact) mass is 373 g/mol. The summed E-state index contributed by atoms with van der Waals surface area (Å²) in [5, 5.41) is 2.12. The highest BCUT2D eigenvalue weighted by atomic mass is 32.1. The summed E-state index contributed by atoms with van der Waals surface area (Å²) in [4.78, 5) is 11.1. The van der Waals surface area contributed by atoms with Crippen molar-refractivity contribution in [2.75, 3.05) is 0 Å². The molecule has 3 rings (SSSR count). The van der Waals surface area contributed by atoms with Gasteiger partial charge in [0, 0.05) is 5.56 Å². The SMILES string of the molecule is CCCc1ccc(-c2ccc(C#Cc3ncc(N=C=S)nc3F)cc2)cc1. The molecule has 0 amide bonds. The molecule has 0 fully saturated rings. The van der Waals surface area contributed by atoms with Crippen LogP contribution in [0.2, 0.25) is 0 Å². The van der Waals surface area contributed by atoms with Gasteiger partial charge in [0.05, 0.1) is 11.4 Å². The van der Waals surface area contributed by atoms with Crippen molar-refractivity contribution in [3.05, 3.63) is 77.5 Å². The van der Waals surface area contributed by atoms with E-state index in [0.717, 1.165) is 29.5 Å². The second kappa shape index (κ2) is 8.95. The molecule has 0 radical (unpaired) electrons. The molecule has 0 saturated carbocycles. The Morgan fingerprint density at radius 2 is 1.67 bits per heavy atom. The van der Waals surface area contributed by atoms with Crippen LogP contribution in [0.1, 0.15) is 30.2 Å². The molecule has 0 spiro atoms. The number of hydrogen-bond acceptors (Lipinski definition) is 4. The molecule has 27 heavy (non-hydrogen) atoms. The molecule has 1 aromatic heterocycles. The fourth-order valence-electron chi connectivity index (χ4n) is 2.57. The number of benzene rings is 2. The summed E-state index contributed by atoms with van der Waals surface area (Å²) in [6.07, 6.45) is 3.53. The second-order valence-corrected chi connectivity index (χ2v) is 6.03. The average Bonchev–Trinajstić information content (AvgIpc) is 2.69. The van der Waals surface area contributed by atoms with Crippen molar-refractivity contribution in [1.29, 1.82) is 0 Å². The lowest BCUT2D eigenvalue weighted by Gasteiger charge is -2.04. The Kier molecular flexibility index (Phi) is 6.17. The fourth-order valence-corrected chi connectivity index (χ4v) is 2.67. The molecule has 0 bridgehead atoms. The largest absolute Gasteiger partial charge is 0.249 e. The average molecular weight is 373 g/mol. The van der Waals surface area contributed by atoms with Crippen molar-refractivity contribution in [3.63, 3.8) is 0 Å². The van der Waals surface area contributed by atoms with Gasteiger partial charge in [-0.05, 0) is 53.4 Å². The molecule has 3 nitrogen and oxygen atoms in total. The number of thiocarbonyl (C=S) groups is 1. The van der Waals surface area contributed by atoms with Crippen LogP contribution in [0.15, 0.2) is 59.7 Å². The first kappa shape index (κ1) is 18.6. The van der Waals surface area contributed by atoms with Crippen LogP contribution in [-0.2, 0) is 6.42 Å². The molecular weight excluding hydrogens is 357 g/mol. The zero-order chi connectivity index (χ0) is 19.1. The number of hydrogen-bond donors (Lipinski definition) is 0. The van der Waals surface area contributed by atoms with Crippen molar-refractivity contribution in [1.82, 2.24) is 9.97 Å². The van der Waals surface area contributed by atoms with Gasteiger partial charge < -0.3 is 0 Å². The quantitative estimate of drug-likeness (QED) is 0.351. The van der Waals surface area contributed by atoms with E-state index in [1.807, 2.05) is 24.3 Å². The fraction of sp³-hybridized carbons (Fsp3) is 0.136. The lowest BCUT2D eigenvalue weighted by Crippen LogP contribution is -1.93. The van der Waals surface area contributed by atoms with Gasteiger partial charge in [-0.2, -0.15) is 14.4 Å². The second-order valence-electron chi connectivity index (χ2n) is 5.84. The van der Waals surface area contributed by atoms with Crippen LogP contribution in [-0.4, -0.2) is 15.1 Å². The number of nitrogens with zero attached hydrogens (tertiary/aromatic N) is 3. The highest BCUT2D eigenvalue weighted by Gasteiger charge is 2.04. The third-order valence-electron chi connectivity index (χ3n) is 3.91. The van der Waals surface area contributed by atoms with E-state index in [1.165, 1.54) is 11.8 Å². The van der Waals surface area contributed by atoms with Crippen LogP contribution >= 0.6 is 12.2 Å². The molecule has 0 unspecified atom stereocenters. The number of aromatic nitrogens is 2. The Bertz CT molecular complexity index is 1040. The third kappa shape index (κ3) is 4.92. The summed E-state index contributed by atoms with van der Waals surface area (Å²) in [7, 11) is 0. The maximum atomic E-state index is 13.9. The lowest BCUT2D eigenvalue weighted by atomic mass is 10.0. The number of halogens is 1. The van der Waals surface area contributed by atoms with Gasteiger partial charge in [-0.1, -0.05) is 55.7 Å². The van der Waals surface area contributed by atoms with Gasteiger partial charge >= 0.3 is 0 Å². The van der Waals surface area contributed by atoms with Crippen LogP contribution in [0.4, 0.5) is 10.2 Å². The third-order valence-corrected chi connectivity index (χ3v) is 4.00. The minimum atomic E-state index is -0.780. The summed E-state index contributed by atoms with van der Waals surface area (Å²) >= 11 is 4.45. The van der Waals surface area contributed by atoms with Crippen LogP contribution in [0.5, 0.6) is 0 Å². The Hall–Kier alpha value is -3.19. The van der Waals surface area contributed by atoms with E-state index in [0.29, 0.717) is 0 Å². The van der Waals surface area contributed by atoms with Crippen LogP contribution in [0.3, 0.4) is 0 Å². The van der Waals surface area contributed by atoms with Gasteiger partial charge in [-0.3, -0.25) is 0 Å². The molecule has 0 aliphatic carbocycles. The topological polar surface area (TPSA) is 38.1 Å². The Morgan fingerprint density at radius 3 is 2.26 bits per heavy atom. The van der Waals surface area contributed by atoms with Gasteiger partial charge in [-0.15, -0.1) is 0 Å². The van der Waals surface area contributed by atoms with Gasteiger partial charge in [0.1, 0.15) is 0 Å². The van der Waals surface area contributed by atoms with Crippen molar-refractivity contribution in [2.45, 2.75) is 19.8 Å². The van der Waals surface area contributed by atoms with E-state index in [4.69, 9.17) is 0 Å². The predicted octanol–water partition coefficient (Wildman–Crippen LogP) is 5.37. The van der Waals surface area contributed by atoms with Crippen LogP contribution < -0.4 is 0 Å². The molecule has 0 N–H and O–H groups in total. The van der Waals surface area contributed by atoms with Crippen molar-refractivity contribution in [2.24, 2.45) is 4.99 Å². The summed E-state index contributed by atoms with van der Waals surface area (Å²) in [5.74, 6) is 4.88. The molecular formula is C22H16FN3S. The molecule has 0 aliphatic heterocycles. The maximum absolute atomic E-state index is 13.9. The molecule has 132 valence electrons. The van der Waals surface area contributed by atoms with E-state index in [-0.39, 0.29) is 11.5 Å². The Balaban J connectivity index is 1.77. The Morgan fingerprint density at radius 1 is 1.00 bits per heavy atom. The molecule has 3 aromatic rings. The van der Waals surface area contributed by atoms with Crippen molar-refractivity contribution < 1.29 is 4.39 Å². The molecule has 0 atom stereocenters. The number of aliphatic imine (C=N–C) groups is 1. The number of isothiocyanates is 1. The standard InChI is InChI=1S/C22H16FN3S/c1-2-3-16-4-9-18(10-5-16)19-11-6-17(7-12-19)8-13-20-22(23)26-21(14-24-20)25-15-27/h4-7,9-12,14H,2-3H2,1H3. The van der Waals surface area contributed by atoms with Crippen molar-refractivity contribution in [3.8, 4) is 23.0 Å². The molecule has 0 aliphatic rings. The Labute approximate surface area is 163 Å². The van der Waals surface area contributed by atoms with E-state index in [1.54, 1.807) is 0 Å². The summed E-state index contributed by atoms with van der Waals surface area (Å²) in [5.41, 5.74) is 4.34. The summed E-state index contributed by atoms with van der Waals surface area (Å²) in [6, 6.07) is 16.4. The number of rotatable bonds is 4. The normalized spacial score (nSPS) is 9.85. The van der Waals surface area contributed by atoms with E-state index in [2.05, 4.69) is 75.4 Å². The lowest BCUT2D eigenvalue weighted by molar-refractivity contribution is 0.573. The van der Waals surface area contributed by atoms with Crippen LogP contribution in [0.25, 0.3) is 11.1 Å². The first-order valence-corrected chi connectivity index (χ1v) is 8.92. The summed E-state index contributed by atoms with van der Waals surface area (Å²) < 4.78 is 13.9. The van der Waals surface area contributed by atoms with Gasteiger partial charge in [0.2, 0.25) is 5.95 Å². The van der Waals surface area contributed by atoms with E-state index in [9.17, 15) is 4.39 Å². The predicted molar refractivity (Wildman–Crippen MR) is 109 cm³/mol. The minimum Gasteiger partial charge on any atom is -0.239 e. The molecule has 2 aromatic carbocycles. The molecule has 5 heteroatoms. The number of aryl methyl sites for hydroxylation is 1. The van der Waals surface area contributed by atoms with Crippen LogP contribution in [0, 0.1) is 17.8 Å². The maximum Gasteiger partial charge on any atom is 0.249 e. The zero-order valence-corrected chi connectivity index (χ0v) is 15.6. The van der Waals surface area contributed by atoms with Gasteiger partial charge in [0.15, 0.2) is 11.5 Å². The summed E-state index contributed by atoms with van der Waals surface area (Å²) in [6.45, 7) is 2.17. The molecule has 0 saturated heterocycles. The van der Waals surface area contributed by atoms with Gasteiger partial charge in [0.25, 0.3) is 0 Å². The molecule has 1 heterocycles. The zero-order valence-electron chi connectivity index (χ0n) is 14.7. The van der Waals surface area contributed by atoms with E-state index < -0.39 is 5.95 Å². The first-order valence-electron chi connectivity index (χ1n) is 8.51.